The molecule has 0 bridgehead atoms. The van der Waals surface area contributed by atoms with Gasteiger partial charge in [0.1, 0.15) is 19.0 Å². The highest BCUT2D eigenvalue weighted by Gasteiger charge is 2.14. The highest BCUT2D eigenvalue weighted by Crippen LogP contribution is 2.32. The van der Waals surface area contributed by atoms with Crippen LogP contribution in [0.3, 0.4) is 0 Å². The van der Waals surface area contributed by atoms with E-state index in [9.17, 15) is 9.18 Å². The fourth-order valence-corrected chi connectivity index (χ4v) is 2.66. The van der Waals surface area contributed by atoms with Crippen molar-refractivity contribution in [3.05, 3.63) is 58.9 Å². The molecule has 0 saturated heterocycles. The molecular weight excluding hydrogens is 309 g/mol. The normalized spacial score (nSPS) is 12.8. The van der Waals surface area contributed by atoms with Gasteiger partial charge in [0.25, 0.3) is 0 Å². The number of hydrogen-bond donors (Lipinski definition) is 1. The van der Waals surface area contributed by atoms with Gasteiger partial charge in [-0.25, -0.2) is 4.39 Å². The Kier molecular flexibility index (Phi) is 4.99. The molecule has 24 heavy (non-hydrogen) atoms. The number of rotatable bonds is 5. The quantitative estimate of drug-likeness (QED) is 0.917. The summed E-state index contributed by atoms with van der Waals surface area (Å²) in [6, 6.07) is 10.2. The van der Waals surface area contributed by atoms with Crippen LogP contribution in [0.2, 0.25) is 0 Å². The number of nitrogens with one attached hydrogen (secondary N) is 1. The first-order chi connectivity index (χ1) is 11.6. The van der Waals surface area contributed by atoms with E-state index in [-0.39, 0.29) is 11.7 Å². The minimum Gasteiger partial charge on any atom is -0.486 e. The highest BCUT2D eigenvalue weighted by molar-refractivity contribution is 5.76. The smallest absolute Gasteiger partial charge is 0.220 e. The van der Waals surface area contributed by atoms with Crippen LogP contribution in [0.4, 0.5) is 4.39 Å². The lowest BCUT2D eigenvalue weighted by atomic mass is 10.1. The van der Waals surface area contributed by atoms with Gasteiger partial charge in [0.2, 0.25) is 5.91 Å². The minimum atomic E-state index is -0.278. The van der Waals surface area contributed by atoms with Gasteiger partial charge in [-0.05, 0) is 54.3 Å². The molecule has 2 aromatic carbocycles. The fraction of sp³-hybridized carbons (Fsp3) is 0.316. The first kappa shape index (κ1) is 16.3. The molecule has 1 N–H and O–H groups in total. The summed E-state index contributed by atoms with van der Waals surface area (Å²) in [7, 11) is 0. The Hall–Kier alpha value is -2.56. The second-order valence-corrected chi connectivity index (χ2v) is 5.83. The maximum absolute atomic E-state index is 13.1. The van der Waals surface area contributed by atoms with Crippen molar-refractivity contribution in [3.63, 3.8) is 0 Å². The Labute approximate surface area is 140 Å². The Morgan fingerprint density at radius 2 is 1.92 bits per heavy atom. The van der Waals surface area contributed by atoms with Crippen LogP contribution < -0.4 is 14.8 Å². The number of hydrogen-bond acceptors (Lipinski definition) is 3. The van der Waals surface area contributed by atoms with Gasteiger partial charge in [-0.3, -0.25) is 4.79 Å². The molecule has 0 aliphatic carbocycles. The van der Waals surface area contributed by atoms with Crippen LogP contribution in [0, 0.1) is 12.7 Å². The molecule has 4 nitrogen and oxygen atoms in total. The van der Waals surface area contributed by atoms with Crippen LogP contribution in [-0.2, 0) is 17.8 Å². The van der Waals surface area contributed by atoms with Gasteiger partial charge in [0.15, 0.2) is 11.5 Å². The molecule has 0 spiro atoms. The predicted octanol–water partition coefficient (Wildman–Crippen LogP) is 3.15. The van der Waals surface area contributed by atoms with E-state index in [0.717, 1.165) is 28.2 Å². The molecule has 0 aromatic heterocycles. The molecule has 0 atom stereocenters. The number of carbonyl (C=O) groups is 1. The summed E-state index contributed by atoms with van der Waals surface area (Å²) in [5.41, 5.74) is 2.86. The highest BCUT2D eigenvalue weighted by atomic mass is 19.1. The van der Waals surface area contributed by atoms with Crippen molar-refractivity contribution in [2.45, 2.75) is 26.3 Å². The van der Waals surface area contributed by atoms with Gasteiger partial charge in [-0.1, -0.05) is 12.1 Å². The molecule has 1 heterocycles. The van der Waals surface area contributed by atoms with Gasteiger partial charge in [0.05, 0.1) is 0 Å². The standard InChI is InChI=1S/C19H20FNO3/c1-13-9-17-18(24-8-7-23-17)11-15(13)12-21-19(22)6-5-14-3-2-4-16(20)10-14/h2-4,9-11H,5-8,12H2,1H3,(H,21,22). The van der Waals surface area contributed by atoms with Crippen molar-refractivity contribution in [2.24, 2.45) is 0 Å². The Bertz CT molecular complexity index is 745. The molecular formula is C19H20FNO3. The van der Waals surface area contributed by atoms with Crippen molar-refractivity contribution < 1.29 is 18.7 Å². The number of carbonyl (C=O) groups excluding carboxylic acids is 1. The second-order valence-electron chi connectivity index (χ2n) is 5.83. The van der Waals surface area contributed by atoms with E-state index in [1.165, 1.54) is 12.1 Å². The van der Waals surface area contributed by atoms with Crippen LogP contribution in [0.25, 0.3) is 0 Å². The minimum absolute atomic E-state index is 0.0615. The third-order valence-electron chi connectivity index (χ3n) is 4.01. The number of ether oxygens (including phenoxy) is 2. The molecule has 0 saturated carbocycles. The lowest BCUT2D eigenvalue weighted by Crippen LogP contribution is -2.24. The lowest BCUT2D eigenvalue weighted by Gasteiger charge is -2.20. The van der Waals surface area contributed by atoms with Crippen LogP contribution in [0.1, 0.15) is 23.1 Å². The molecule has 0 unspecified atom stereocenters. The van der Waals surface area contributed by atoms with Crippen molar-refractivity contribution in [1.82, 2.24) is 5.32 Å². The summed E-state index contributed by atoms with van der Waals surface area (Å²) in [4.78, 5) is 12.0. The molecule has 0 radical (unpaired) electrons. The van der Waals surface area contributed by atoms with E-state index < -0.39 is 0 Å². The van der Waals surface area contributed by atoms with E-state index in [1.807, 2.05) is 25.1 Å². The summed E-state index contributed by atoms with van der Waals surface area (Å²) in [5, 5.41) is 2.90. The van der Waals surface area contributed by atoms with Gasteiger partial charge in [0, 0.05) is 13.0 Å². The number of halogens is 1. The monoisotopic (exact) mass is 329 g/mol. The third-order valence-corrected chi connectivity index (χ3v) is 4.01. The van der Waals surface area contributed by atoms with E-state index in [1.54, 1.807) is 6.07 Å². The summed E-state index contributed by atoms with van der Waals surface area (Å²) >= 11 is 0. The molecule has 1 amide bonds. The average Bonchev–Trinajstić information content (AvgIpc) is 2.58. The molecule has 1 aliphatic rings. The fourth-order valence-electron chi connectivity index (χ4n) is 2.66. The Morgan fingerprint density at radius 1 is 1.17 bits per heavy atom. The Morgan fingerprint density at radius 3 is 2.67 bits per heavy atom. The Balaban J connectivity index is 1.54. The maximum atomic E-state index is 13.1. The van der Waals surface area contributed by atoms with Crippen molar-refractivity contribution in [1.29, 1.82) is 0 Å². The largest absolute Gasteiger partial charge is 0.486 e. The number of aryl methyl sites for hydroxylation is 2. The van der Waals surface area contributed by atoms with E-state index >= 15 is 0 Å². The van der Waals surface area contributed by atoms with Crippen molar-refractivity contribution >= 4 is 5.91 Å². The second kappa shape index (κ2) is 7.34. The zero-order chi connectivity index (χ0) is 16.9. The first-order valence-corrected chi connectivity index (χ1v) is 8.02. The zero-order valence-corrected chi connectivity index (χ0v) is 13.6. The van der Waals surface area contributed by atoms with Crippen LogP contribution >= 0.6 is 0 Å². The summed E-state index contributed by atoms with van der Waals surface area (Å²) < 4.78 is 24.2. The van der Waals surface area contributed by atoms with Gasteiger partial charge in [-0.2, -0.15) is 0 Å². The zero-order valence-electron chi connectivity index (χ0n) is 13.6. The topological polar surface area (TPSA) is 47.6 Å². The van der Waals surface area contributed by atoms with E-state index in [0.29, 0.717) is 32.6 Å². The van der Waals surface area contributed by atoms with Crippen LogP contribution in [0.5, 0.6) is 11.5 Å². The van der Waals surface area contributed by atoms with Crippen molar-refractivity contribution in [3.8, 4) is 11.5 Å². The van der Waals surface area contributed by atoms with Crippen LogP contribution in [-0.4, -0.2) is 19.1 Å². The van der Waals surface area contributed by atoms with Crippen LogP contribution in [0.15, 0.2) is 36.4 Å². The number of fused-ring (bicyclic) bond motifs is 1. The summed E-state index contributed by atoms with van der Waals surface area (Å²) in [6.45, 7) is 3.51. The predicted molar refractivity (Wildman–Crippen MR) is 88.7 cm³/mol. The first-order valence-electron chi connectivity index (χ1n) is 8.02. The van der Waals surface area contributed by atoms with Gasteiger partial charge in [-0.15, -0.1) is 0 Å². The van der Waals surface area contributed by atoms with Gasteiger partial charge >= 0.3 is 0 Å². The molecule has 5 heteroatoms. The lowest BCUT2D eigenvalue weighted by molar-refractivity contribution is -0.121. The van der Waals surface area contributed by atoms with Gasteiger partial charge < -0.3 is 14.8 Å². The molecule has 0 fully saturated rings. The molecule has 3 rings (SSSR count). The summed E-state index contributed by atoms with van der Waals surface area (Å²) in [5.74, 6) is 1.13. The van der Waals surface area contributed by atoms with E-state index in [4.69, 9.17) is 9.47 Å². The van der Waals surface area contributed by atoms with Crippen molar-refractivity contribution in [2.75, 3.05) is 13.2 Å². The average molecular weight is 329 g/mol. The molecule has 1 aliphatic heterocycles. The molecule has 126 valence electrons. The number of amides is 1. The van der Waals surface area contributed by atoms with E-state index in [2.05, 4.69) is 5.32 Å². The number of benzene rings is 2. The summed E-state index contributed by atoms with van der Waals surface area (Å²) in [6.07, 6.45) is 0.844. The third kappa shape index (κ3) is 4.04. The SMILES string of the molecule is Cc1cc2c(cc1CNC(=O)CCc1cccc(F)c1)OCCO2. The maximum Gasteiger partial charge on any atom is 0.220 e. The molecule has 2 aromatic rings.